The lowest BCUT2D eigenvalue weighted by molar-refractivity contribution is 0.100. The minimum atomic E-state index is -0.539. The van der Waals surface area contributed by atoms with Gasteiger partial charge in [0.2, 0.25) is 0 Å². The number of amides is 1. The molecule has 0 atom stereocenters. The molecule has 21 heavy (non-hydrogen) atoms. The Morgan fingerprint density at radius 3 is 2.86 bits per heavy atom. The lowest BCUT2D eigenvalue weighted by Crippen LogP contribution is -2.20. The summed E-state index contributed by atoms with van der Waals surface area (Å²) in [6, 6.07) is 4.47. The van der Waals surface area contributed by atoms with Crippen molar-refractivity contribution in [2.24, 2.45) is 11.7 Å². The minimum Gasteiger partial charge on any atom is -0.366 e. The Kier molecular flexibility index (Phi) is 4.70. The van der Waals surface area contributed by atoms with Gasteiger partial charge in [-0.15, -0.1) is 0 Å². The van der Waals surface area contributed by atoms with Gasteiger partial charge in [-0.2, -0.15) is 5.10 Å². The van der Waals surface area contributed by atoms with Crippen LogP contribution in [0.4, 0.5) is 4.39 Å². The van der Waals surface area contributed by atoms with Gasteiger partial charge in [0.1, 0.15) is 5.82 Å². The number of carbonyl (C=O) groups excluding carboxylic acids is 1. The number of nitrogens with two attached hydrogens (primary N) is 1. The smallest absolute Gasteiger partial charge is 0.251 e. The standard InChI is InChI=1S/C15H19FN4O/c1-10(2)6-18-7-11-5-13(16)3-4-14(11)20-9-12(8-19-20)15(17)21/h3-5,8-10,18H,6-7H2,1-2H3,(H2,17,21). The first kappa shape index (κ1) is 15.2. The molecule has 1 aromatic heterocycles. The van der Waals surface area contributed by atoms with Crippen molar-refractivity contribution in [2.75, 3.05) is 6.54 Å². The van der Waals surface area contributed by atoms with Gasteiger partial charge in [0.05, 0.1) is 17.4 Å². The SMILES string of the molecule is CC(C)CNCc1cc(F)ccc1-n1cc(C(N)=O)cn1. The van der Waals surface area contributed by atoms with Gasteiger partial charge in [0.25, 0.3) is 5.91 Å². The number of benzene rings is 1. The zero-order valence-corrected chi connectivity index (χ0v) is 12.1. The fraction of sp³-hybridized carbons (Fsp3) is 0.333. The van der Waals surface area contributed by atoms with Crippen molar-refractivity contribution in [1.82, 2.24) is 15.1 Å². The van der Waals surface area contributed by atoms with E-state index in [1.165, 1.54) is 23.0 Å². The molecule has 1 amide bonds. The Hall–Kier alpha value is -2.21. The van der Waals surface area contributed by atoms with E-state index in [9.17, 15) is 9.18 Å². The monoisotopic (exact) mass is 290 g/mol. The molecule has 2 rings (SSSR count). The predicted molar refractivity (Wildman–Crippen MR) is 78.6 cm³/mol. The maximum atomic E-state index is 13.5. The van der Waals surface area contributed by atoms with Gasteiger partial charge in [-0.05, 0) is 36.2 Å². The first-order chi connectivity index (χ1) is 9.97. The van der Waals surface area contributed by atoms with E-state index in [0.717, 1.165) is 17.8 Å². The molecule has 0 aliphatic rings. The molecule has 1 heterocycles. The van der Waals surface area contributed by atoms with Crippen LogP contribution in [0.5, 0.6) is 0 Å². The average molecular weight is 290 g/mol. The number of aromatic nitrogens is 2. The molecular formula is C15H19FN4O. The van der Waals surface area contributed by atoms with Crippen LogP contribution in [0.3, 0.4) is 0 Å². The Bertz CT molecular complexity index is 636. The number of halogens is 1. The van der Waals surface area contributed by atoms with Gasteiger partial charge >= 0.3 is 0 Å². The highest BCUT2D eigenvalue weighted by Crippen LogP contribution is 2.16. The molecule has 0 aliphatic heterocycles. The maximum absolute atomic E-state index is 13.5. The van der Waals surface area contributed by atoms with E-state index in [2.05, 4.69) is 24.3 Å². The highest BCUT2D eigenvalue weighted by Gasteiger charge is 2.10. The van der Waals surface area contributed by atoms with Crippen LogP contribution in [0, 0.1) is 11.7 Å². The van der Waals surface area contributed by atoms with Crippen LogP contribution in [-0.2, 0) is 6.54 Å². The summed E-state index contributed by atoms with van der Waals surface area (Å²) in [7, 11) is 0. The van der Waals surface area contributed by atoms with E-state index < -0.39 is 5.91 Å². The molecule has 0 aliphatic carbocycles. The third-order valence-electron chi connectivity index (χ3n) is 3.02. The molecule has 6 heteroatoms. The number of rotatable bonds is 6. The quantitative estimate of drug-likeness (QED) is 0.853. The molecule has 0 fully saturated rings. The molecule has 0 saturated carbocycles. The molecule has 0 bridgehead atoms. The predicted octanol–water partition coefficient (Wildman–Crippen LogP) is 1.86. The number of nitrogens with zero attached hydrogens (tertiary/aromatic N) is 2. The molecule has 0 unspecified atom stereocenters. The van der Waals surface area contributed by atoms with E-state index in [-0.39, 0.29) is 5.82 Å². The highest BCUT2D eigenvalue weighted by atomic mass is 19.1. The van der Waals surface area contributed by atoms with Crippen molar-refractivity contribution in [3.8, 4) is 5.69 Å². The zero-order valence-electron chi connectivity index (χ0n) is 12.1. The largest absolute Gasteiger partial charge is 0.366 e. The van der Waals surface area contributed by atoms with Crippen LogP contribution >= 0.6 is 0 Å². The summed E-state index contributed by atoms with van der Waals surface area (Å²) < 4.78 is 15.0. The number of carbonyl (C=O) groups is 1. The summed E-state index contributed by atoms with van der Waals surface area (Å²) in [5.41, 5.74) is 7.03. The third-order valence-corrected chi connectivity index (χ3v) is 3.02. The molecule has 112 valence electrons. The summed E-state index contributed by atoms with van der Waals surface area (Å²) >= 11 is 0. The highest BCUT2D eigenvalue weighted by molar-refractivity contribution is 5.92. The van der Waals surface area contributed by atoms with Crippen LogP contribution in [0.2, 0.25) is 0 Å². The van der Waals surface area contributed by atoms with Crippen LogP contribution in [0.25, 0.3) is 5.69 Å². The van der Waals surface area contributed by atoms with E-state index in [4.69, 9.17) is 5.73 Å². The third kappa shape index (κ3) is 3.88. The van der Waals surface area contributed by atoms with E-state index in [0.29, 0.717) is 18.0 Å². The lowest BCUT2D eigenvalue weighted by atomic mass is 10.1. The Labute approximate surface area is 123 Å². The summed E-state index contributed by atoms with van der Waals surface area (Å²) in [6.07, 6.45) is 2.94. The fourth-order valence-electron chi connectivity index (χ4n) is 2.00. The molecule has 0 saturated heterocycles. The minimum absolute atomic E-state index is 0.303. The van der Waals surface area contributed by atoms with Gasteiger partial charge < -0.3 is 11.1 Å². The number of primary amides is 1. The summed E-state index contributed by atoms with van der Waals surface area (Å²) in [5, 5.41) is 7.38. The topological polar surface area (TPSA) is 72.9 Å². The Morgan fingerprint density at radius 2 is 2.24 bits per heavy atom. The van der Waals surface area contributed by atoms with Crippen LogP contribution in [0.15, 0.2) is 30.6 Å². The number of nitrogens with one attached hydrogen (secondary N) is 1. The van der Waals surface area contributed by atoms with E-state index in [1.807, 2.05) is 0 Å². The van der Waals surface area contributed by atoms with Gasteiger partial charge in [0, 0.05) is 12.7 Å². The molecule has 0 spiro atoms. The Morgan fingerprint density at radius 1 is 1.48 bits per heavy atom. The zero-order chi connectivity index (χ0) is 15.4. The number of hydrogen-bond donors (Lipinski definition) is 2. The normalized spacial score (nSPS) is 11.0. The summed E-state index contributed by atoms with van der Waals surface area (Å²) in [6.45, 7) is 5.57. The van der Waals surface area contributed by atoms with Crippen molar-refractivity contribution in [1.29, 1.82) is 0 Å². The van der Waals surface area contributed by atoms with Crippen molar-refractivity contribution in [3.63, 3.8) is 0 Å². The van der Waals surface area contributed by atoms with Crippen LogP contribution < -0.4 is 11.1 Å². The van der Waals surface area contributed by atoms with Crippen LogP contribution in [-0.4, -0.2) is 22.2 Å². The second-order valence-electron chi connectivity index (χ2n) is 5.34. The molecule has 5 nitrogen and oxygen atoms in total. The maximum Gasteiger partial charge on any atom is 0.251 e. The first-order valence-electron chi connectivity index (χ1n) is 6.81. The van der Waals surface area contributed by atoms with Crippen molar-refractivity contribution < 1.29 is 9.18 Å². The molecular weight excluding hydrogens is 271 g/mol. The molecule has 0 radical (unpaired) electrons. The van der Waals surface area contributed by atoms with Gasteiger partial charge in [-0.3, -0.25) is 4.79 Å². The second kappa shape index (κ2) is 6.49. The van der Waals surface area contributed by atoms with E-state index in [1.54, 1.807) is 12.3 Å². The Balaban J connectivity index is 2.26. The van der Waals surface area contributed by atoms with Gasteiger partial charge in [0.15, 0.2) is 0 Å². The van der Waals surface area contributed by atoms with Crippen molar-refractivity contribution in [2.45, 2.75) is 20.4 Å². The molecule has 3 N–H and O–H groups in total. The van der Waals surface area contributed by atoms with E-state index >= 15 is 0 Å². The second-order valence-corrected chi connectivity index (χ2v) is 5.34. The first-order valence-corrected chi connectivity index (χ1v) is 6.81. The lowest BCUT2D eigenvalue weighted by Gasteiger charge is -2.12. The van der Waals surface area contributed by atoms with Crippen molar-refractivity contribution >= 4 is 5.91 Å². The van der Waals surface area contributed by atoms with Gasteiger partial charge in [-0.1, -0.05) is 13.8 Å². The average Bonchev–Trinajstić information content (AvgIpc) is 2.88. The van der Waals surface area contributed by atoms with Crippen LogP contribution in [0.1, 0.15) is 29.8 Å². The summed E-state index contributed by atoms with van der Waals surface area (Å²) in [5.74, 6) is -0.335. The van der Waals surface area contributed by atoms with Gasteiger partial charge in [-0.25, -0.2) is 9.07 Å². The number of hydrogen-bond acceptors (Lipinski definition) is 3. The van der Waals surface area contributed by atoms with Crippen molar-refractivity contribution in [3.05, 3.63) is 47.5 Å². The summed E-state index contributed by atoms with van der Waals surface area (Å²) in [4.78, 5) is 11.1. The fourth-order valence-corrected chi connectivity index (χ4v) is 2.00. The molecule has 1 aromatic carbocycles. The molecule has 2 aromatic rings.